The van der Waals surface area contributed by atoms with Crippen LogP contribution in [0.1, 0.15) is 12.5 Å². The van der Waals surface area contributed by atoms with Crippen LogP contribution < -0.4 is 10.1 Å². The Bertz CT molecular complexity index is 565. The Labute approximate surface area is 111 Å². The van der Waals surface area contributed by atoms with Crippen molar-refractivity contribution in [1.29, 1.82) is 5.41 Å². The number of halogens is 1. The summed E-state index contributed by atoms with van der Waals surface area (Å²) < 4.78 is 17.4. The minimum absolute atomic E-state index is 0.0832. The summed E-state index contributed by atoms with van der Waals surface area (Å²) in [6.07, 6.45) is 2.79. The van der Waals surface area contributed by atoms with Crippen molar-refractivity contribution in [1.82, 2.24) is 10.3 Å². The van der Waals surface area contributed by atoms with Crippen LogP contribution in [0.3, 0.4) is 0 Å². The van der Waals surface area contributed by atoms with Gasteiger partial charge in [-0.1, -0.05) is 0 Å². The van der Waals surface area contributed by atoms with Gasteiger partial charge in [0.2, 0.25) is 0 Å². The molecule has 0 unspecified atom stereocenters. The van der Waals surface area contributed by atoms with E-state index in [0.717, 1.165) is 29.4 Å². The lowest BCUT2D eigenvalue weighted by atomic mass is 10.1. The molecule has 0 aliphatic carbocycles. The Morgan fingerprint density at radius 3 is 3.05 bits per heavy atom. The van der Waals surface area contributed by atoms with Gasteiger partial charge in [-0.15, -0.1) is 0 Å². The standard InChI is InChI=1S/C14H18FN3O/c1-10(16)17-6-4-11-9-18-14-3-2-12(8-13(11)14)19-7-5-15/h2-3,8-9,18H,4-7H2,1H3,(H2,16,17). The van der Waals surface area contributed by atoms with E-state index in [9.17, 15) is 4.39 Å². The fourth-order valence-corrected chi connectivity index (χ4v) is 2.00. The van der Waals surface area contributed by atoms with E-state index in [0.29, 0.717) is 11.6 Å². The number of alkyl halides is 1. The third-order valence-corrected chi connectivity index (χ3v) is 2.87. The third-order valence-electron chi connectivity index (χ3n) is 2.87. The van der Waals surface area contributed by atoms with E-state index in [-0.39, 0.29) is 6.61 Å². The van der Waals surface area contributed by atoms with Crippen molar-refractivity contribution in [2.75, 3.05) is 19.8 Å². The molecule has 4 nitrogen and oxygen atoms in total. The minimum atomic E-state index is -0.486. The highest BCUT2D eigenvalue weighted by molar-refractivity contribution is 5.84. The van der Waals surface area contributed by atoms with Crippen LogP contribution in [0.5, 0.6) is 5.75 Å². The summed E-state index contributed by atoms with van der Waals surface area (Å²) in [5.74, 6) is 1.15. The van der Waals surface area contributed by atoms with Gasteiger partial charge >= 0.3 is 0 Å². The molecular weight excluding hydrogens is 245 g/mol. The van der Waals surface area contributed by atoms with Crippen LogP contribution in [0.4, 0.5) is 4.39 Å². The number of nitrogens with one attached hydrogen (secondary N) is 3. The number of hydrogen-bond acceptors (Lipinski definition) is 2. The number of amidine groups is 1. The van der Waals surface area contributed by atoms with E-state index in [4.69, 9.17) is 10.1 Å². The maximum Gasteiger partial charge on any atom is 0.123 e. The summed E-state index contributed by atoms with van der Waals surface area (Å²) in [6, 6.07) is 5.69. The van der Waals surface area contributed by atoms with Gasteiger partial charge in [-0.3, -0.25) is 5.41 Å². The van der Waals surface area contributed by atoms with Crippen LogP contribution in [0, 0.1) is 5.41 Å². The minimum Gasteiger partial charge on any atom is -0.491 e. The van der Waals surface area contributed by atoms with Gasteiger partial charge in [0.1, 0.15) is 19.0 Å². The monoisotopic (exact) mass is 263 g/mol. The van der Waals surface area contributed by atoms with Crippen molar-refractivity contribution >= 4 is 16.7 Å². The predicted octanol–water partition coefficient (Wildman–Crippen LogP) is 2.65. The summed E-state index contributed by atoms with van der Waals surface area (Å²) in [6.45, 7) is 2.04. The van der Waals surface area contributed by atoms with E-state index in [2.05, 4.69) is 10.3 Å². The Morgan fingerprint density at radius 2 is 2.32 bits per heavy atom. The van der Waals surface area contributed by atoms with Crippen LogP contribution in [0.15, 0.2) is 24.4 Å². The summed E-state index contributed by atoms with van der Waals surface area (Å²) >= 11 is 0. The Kier molecular flexibility index (Phi) is 4.39. The summed E-state index contributed by atoms with van der Waals surface area (Å²) in [7, 11) is 0. The highest BCUT2D eigenvalue weighted by atomic mass is 19.1. The molecule has 0 spiro atoms. The molecule has 0 saturated carbocycles. The van der Waals surface area contributed by atoms with Crippen LogP contribution in [-0.2, 0) is 6.42 Å². The van der Waals surface area contributed by atoms with E-state index >= 15 is 0 Å². The van der Waals surface area contributed by atoms with E-state index in [1.807, 2.05) is 24.4 Å². The van der Waals surface area contributed by atoms with Crippen LogP contribution >= 0.6 is 0 Å². The molecule has 3 N–H and O–H groups in total. The molecule has 2 rings (SSSR count). The normalized spacial score (nSPS) is 10.6. The van der Waals surface area contributed by atoms with Crippen molar-refractivity contribution in [3.63, 3.8) is 0 Å². The fourth-order valence-electron chi connectivity index (χ4n) is 2.00. The number of fused-ring (bicyclic) bond motifs is 1. The van der Waals surface area contributed by atoms with Crippen molar-refractivity contribution in [2.24, 2.45) is 0 Å². The molecular formula is C14H18FN3O. The highest BCUT2D eigenvalue weighted by Gasteiger charge is 2.05. The molecule has 19 heavy (non-hydrogen) atoms. The van der Waals surface area contributed by atoms with Crippen molar-refractivity contribution in [2.45, 2.75) is 13.3 Å². The number of rotatable bonds is 6. The molecule has 5 heteroatoms. The smallest absolute Gasteiger partial charge is 0.123 e. The Hall–Kier alpha value is -2.04. The highest BCUT2D eigenvalue weighted by Crippen LogP contribution is 2.24. The van der Waals surface area contributed by atoms with Gasteiger partial charge in [-0.05, 0) is 37.1 Å². The van der Waals surface area contributed by atoms with Crippen LogP contribution in [0.25, 0.3) is 10.9 Å². The van der Waals surface area contributed by atoms with Crippen LogP contribution in [-0.4, -0.2) is 30.6 Å². The first-order chi connectivity index (χ1) is 9.20. The fraction of sp³-hybridized carbons (Fsp3) is 0.357. The van der Waals surface area contributed by atoms with Gasteiger partial charge in [0.05, 0.1) is 5.84 Å². The number of H-pyrrole nitrogens is 1. The van der Waals surface area contributed by atoms with E-state index < -0.39 is 6.67 Å². The number of benzene rings is 1. The Balaban J connectivity index is 2.12. The lowest BCUT2D eigenvalue weighted by Gasteiger charge is -2.05. The zero-order chi connectivity index (χ0) is 13.7. The maximum atomic E-state index is 12.1. The topological polar surface area (TPSA) is 60.9 Å². The summed E-state index contributed by atoms with van der Waals surface area (Å²) in [4.78, 5) is 3.20. The molecule has 1 heterocycles. The largest absolute Gasteiger partial charge is 0.491 e. The molecule has 1 aromatic carbocycles. The van der Waals surface area contributed by atoms with Crippen LogP contribution in [0.2, 0.25) is 0 Å². The molecule has 0 bridgehead atoms. The van der Waals surface area contributed by atoms with Gasteiger partial charge in [-0.2, -0.15) is 0 Å². The van der Waals surface area contributed by atoms with Crippen molar-refractivity contribution in [3.8, 4) is 5.75 Å². The molecule has 2 aromatic rings. The first-order valence-electron chi connectivity index (χ1n) is 6.28. The van der Waals surface area contributed by atoms with Gasteiger partial charge in [0.15, 0.2) is 0 Å². The predicted molar refractivity (Wildman–Crippen MR) is 74.9 cm³/mol. The maximum absolute atomic E-state index is 12.1. The third kappa shape index (κ3) is 3.47. The van der Waals surface area contributed by atoms with E-state index in [1.165, 1.54) is 0 Å². The lowest BCUT2D eigenvalue weighted by Crippen LogP contribution is -2.21. The zero-order valence-corrected chi connectivity index (χ0v) is 10.9. The molecule has 0 amide bonds. The molecule has 0 atom stereocenters. The molecule has 0 radical (unpaired) electrons. The van der Waals surface area contributed by atoms with Crippen molar-refractivity contribution in [3.05, 3.63) is 30.0 Å². The summed E-state index contributed by atoms with van der Waals surface area (Å²) in [5.41, 5.74) is 2.20. The number of aromatic nitrogens is 1. The molecule has 0 aliphatic heterocycles. The molecule has 0 aliphatic rings. The second-order valence-corrected chi connectivity index (χ2v) is 4.36. The zero-order valence-electron chi connectivity index (χ0n) is 10.9. The average Bonchev–Trinajstić information content (AvgIpc) is 2.79. The molecule has 102 valence electrons. The SMILES string of the molecule is CC(=N)NCCc1c[nH]c2ccc(OCCF)cc12. The first-order valence-corrected chi connectivity index (χ1v) is 6.28. The lowest BCUT2D eigenvalue weighted by molar-refractivity contribution is 0.273. The second kappa shape index (κ2) is 6.22. The van der Waals surface area contributed by atoms with Gasteiger partial charge in [0, 0.05) is 23.6 Å². The van der Waals surface area contributed by atoms with Crippen molar-refractivity contribution < 1.29 is 9.13 Å². The molecule has 1 aromatic heterocycles. The van der Waals surface area contributed by atoms with E-state index in [1.54, 1.807) is 6.92 Å². The first kappa shape index (κ1) is 13.4. The molecule has 0 saturated heterocycles. The second-order valence-electron chi connectivity index (χ2n) is 4.36. The number of hydrogen-bond donors (Lipinski definition) is 3. The quantitative estimate of drug-likeness (QED) is 0.554. The van der Waals surface area contributed by atoms with Gasteiger partial charge < -0.3 is 15.0 Å². The average molecular weight is 263 g/mol. The van der Waals surface area contributed by atoms with Gasteiger partial charge in [0.25, 0.3) is 0 Å². The Morgan fingerprint density at radius 1 is 1.47 bits per heavy atom. The number of aromatic amines is 1. The summed E-state index contributed by atoms with van der Waals surface area (Å²) in [5, 5.41) is 11.4. The molecule has 0 fully saturated rings. The number of ether oxygens (including phenoxy) is 1. The van der Waals surface area contributed by atoms with Gasteiger partial charge in [-0.25, -0.2) is 4.39 Å².